The van der Waals surface area contributed by atoms with E-state index < -0.39 is 0 Å². The summed E-state index contributed by atoms with van der Waals surface area (Å²) in [6, 6.07) is 20.1. The third kappa shape index (κ3) is 3.66. The van der Waals surface area contributed by atoms with Gasteiger partial charge in [0.25, 0.3) is 0 Å². The number of allylic oxidation sites excluding steroid dienone is 1. The van der Waals surface area contributed by atoms with Crippen LogP contribution in [0.1, 0.15) is 33.9 Å². The van der Waals surface area contributed by atoms with Gasteiger partial charge in [-0.1, -0.05) is 72.8 Å². The Morgan fingerprint density at radius 1 is 1.03 bits per heavy atom. The van der Waals surface area contributed by atoms with Crippen LogP contribution in [0, 0.1) is 5.92 Å². The van der Waals surface area contributed by atoms with Crippen molar-refractivity contribution in [3.63, 3.8) is 0 Å². The highest BCUT2D eigenvalue weighted by Crippen LogP contribution is 2.32. The molecule has 154 valence electrons. The lowest BCUT2D eigenvalue weighted by atomic mass is 9.88. The highest BCUT2D eigenvalue weighted by molar-refractivity contribution is 5.97. The number of Topliss-reactive ketones (excluding diaryl/α,β-unsaturated/α-hetero) is 1. The molecule has 0 amide bonds. The van der Waals surface area contributed by atoms with Gasteiger partial charge in [-0.3, -0.25) is 4.79 Å². The fraction of sp³-hybridized carbons (Fsp3) is 0.200. The lowest BCUT2D eigenvalue weighted by Gasteiger charge is -2.20. The van der Waals surface area contributed by atoms with Gasteiger partial charge >= 0.3 is 0 Å². The summed E-state index contributed by atoms with van der Waals surface area (Å²) in [6.07, 6.45) is 5.29. The Balaban J connectivity index is 1.59. The molecule has 0 bridgehead atoms. The Kier molecular flexibility index (Phi) is 5.14. The van der Waals surface area contributed by atoms with E-state index in [9.17, 15) is 4.79 Å². The molecule has 0 aliphatic heterocycles. The molecule has 31 heavy (non-hydrogen) atoms. The fourth-order valence-corrected chi connectivity index (χ4v) is 4.13. The van der Waals surface area contributed by atoms with Gasteiger partial charge in [0.05, 0.1) is 23.6 Å². The predicted molar refractivity (Wildman–Crippen MR) is 119 cm³/mol. The number of nitrogens with zero attached hydrogens (tertiary/aromatic N) is 4. The number of ether oxygens (including phenoxy) is 1. The first-order chi connectivity index (χ1) is 15.2. The molecule has 6 heteroatoms. The summed E-state index contributed by atoms with van der Waals surface area (Å²) in [5.41, 5.74) is 5.68. The van der Waals surface area contributed by atoms with Crippen LogP contribution >= 0.6 is 0 Å². The molecule has 1 aliphatic rings. The normalized spacial score (nSPS) is 16.2. The van der Waals surface area contributed by atoms with E-state index in [1.54, 1.807) is 11.6 Å². The second-order valence-electron chi connectivity index (χ2n) is 7.71. The molecule has 5 rings (SSSR count). The molecular weight excluding hydrogens is 388 g/mol. The number of rotatable bonds is 5. The van der Waals surface area contributed by atoms with Gasteiger partial charge in [-0.05, 0) is 23.5 Å². The quantitative estimate of drug-likeness (QED) is 0.488. The fourth-order valence-electron chi connectivity index (χ4n) is 4.13. The van der Waals surface area contributed by atoms with Crippen molar-refractivity contribution < 1.29 is 9.53 Å². The zero-order chi connectivity index (χ0) is 21.2. The van der Waals surface area contributed by atoms with Gasteiger partial charge in [-0.2, -0.15) is 5.10 Å². The molecule has 1 atom stereocenters. The van der Waals surface area contributed by atoms with Gasteiger partial charge in [0.2, 0.25) is 0 Å². The van der Waals surface area contributed by atoms with E-state index in [0.29, 0.717) is 30.8 Å². The van der Waals surface area contributed by atoms with Gasteiger partial charge in [-0.25, -0.2) is 4.52 Å². The highest BCUT2D eigenvalue weighted by Gasteiger charge is 2.30. The molecule has 6 nitrogen and oxygen atoms in total. The average molecular weight is 410 g/mol. The van der Waals surface area contributed by atoms with Crippen LogP contribution in [0.15, 0.2) is 66.7 Å². The highest BCUT2D eigenvalue weighted by atomic mass is 16.5. The largest absolute Gasteiger partial charge is 0.378 e. The summed E-state index contributed by atoms with van der Waals surface area (Å²) < 4.78 is 7.18. The van der Waals surface area contributed by atoms with Crippen molar-refractivity contribution in [2.75, 3.05) is 7.11 Å². The van der Waals surface area contributed by atoms with Crippen molar-refractivity contribution in [1.29, 1.82) is 0 Å². The second-order valence-corrected chi connectivity index (χ2v) is 7.71. The predicted octanol–water partition coefficient (Wildman–Crippen LogP) is 4.40. The van der Waals surface area contributed by atoms with Gasteiger partial charge in [0.15, 0.2) is 17.1 Å². The molecule has 4 aromatic rings. The number of ketones is 1. The van der Waals surface area contributed by atoms with E-state index in [1.165, 1.54) is 0 Å². The zero-order valence-corrected chi connectivity index (χ0v) is 17.2. The Labute approximate surface area is 180 Å². The summed E-state index contributed by atoms with van der Waals surface area (Å²) in [5, 5.41) is 13.5. The summed E-state index contributed by atoms with van der Waals surface area (Å²) in [5.74, 6) is 0.0891. The van der Waals surface area contributed by atoms with Crippen LogP contribution in [0.5, 0.6) is 0 Å². The van der Waals surface area contributed by atoms with E-state index in [-0.39, 0.29) is 11.7 Å². The first kappa shape index (κ1) is 19.3. The van der Waals surface area contributed by atoms with Crippen molar-refractivity contribution >= 4 is 17.5 Å². The average Bonchev–Trinajstić information content (AvgIpc) is 3.18. The third-order valence-corrected chi connectivity index (χ3v) is 5.58. The molecule has 2 aromatic heterocycles. The molecule has 0 unspecified atom stereocenters. The zero-order valence-electron chi connectivity index (χ0n) is 17.2. The maximum atomic E-state index is 12.8. The van der Waals surface area contributed by atoms with Crippen LogP contribution in [-0.2, 0) is 17.8 Å². The molecule has 0 N–H and O–H groups in total. The number of hydrogen-bond donors (Lipinski definition) is 0. The monoisotopic (exact) mass is 410 g/mol. The van der Waals surface area contributed by atoms with E-state index >= 15 is 0 Å². The third-order valence-electron chi connectivity index (χ3n) is 5.58. The Morgan fingerprint density at radius 3 is 2.52 bits per heavy atom. The number of methoxy groups -OCH3 is 1. The van der Waals surface area contributed by atoms with Crippen molar-refractivity contribution in [2.45, 2.75) is 19.4 Å². The van der Waals surface area contributed by atoms with Crippen LogP contribution in [-0.4, -0.2) is 32.7 Å². The van der Waals surface area contributed by atoms with Crippen LogP contribution in [0.4, 0.5) is 0 Å². The molecule has 0 saturated carbocycles. The lowest BCUT2D eigenvalue weighted by molar-refractivity contribution is 0.0950. The molecule has 0 spiro atoms. The molecule has 2 aromatic carbocycles. The number of fused-ring (bicyclic) bond motifs is 3. The van der Waals surface area contributed by atoms with Gasteiger partial charge in [0.1, 0.15) is 0 Å². The van der Waals surface area contributed by atoms with Crippen LogP contribution < -0.4 is 0 Å². The summed E-state index contributed by atoms with van der Waals surface area (Å²) in [4.78, 5) is 12.8. The van der Waals surface area contributed by atoms with Crippen LogP contribution in [0.2, 0.25) is 0 Å². The Bertz CT molecular complexity index is 1260. The number of carbonyl (C=O) groups is 1. The minimum Gasteiger partial charge on any atom is -0.378 e. The number of carbonyl (C=O) groups excluding carboxylic acids is 1. The van der Waals surface area contributed by atoms with Crippen LogP contribution in [0.25, 0.3) is 22.9 Å². The maximum absolute atomic E-state index is 12.8. The molecule has 0 saturated heterocycles. The van der Waals surface area contributed by atoms with Gasteiger partial charge in [0, 0.05) is 13.5 Å². The van der Waals surface area contributed by atoms with E-state index in [2.05, 4.69) is 34.5 Å². The van der Waals surface area contributed by atoms with Crippen LogP contribution in [0.3, 0.4) is 0 Å². The van der Waals surface area contributed by atoms with Gasteiger partial charge in [-0.15, -0.1) is 10.2 Å². The summed E-state index contributed by atoms with van der Waals surface area (Å²) in [6.45, 7) is 0.355. The summed E-state index contributed by atoms with van der Waals surface area (Å²) >= 11 is 0. The van der Waals surface area contributed by atoms with Crippen molar-refractivity contribution in [2.24, 2.45) is 5.92 Å². The van der Waals surface area contributed by atoms with Gasteiger partial charge < -0.3 is 4.74 Å². The number of aromatic nitrogens is 4. The minimum absolute atomic E-state index is 0.00316. The number of hydrogen-bond acceptors (Lipinski definition) is 5. The van der Waals surface area contributed by atoms with E-state index in [4.69, 9.17) is 9.84 Å². The SMILES string of the molecule is COCc1nn2c3c(nnc2c1-c1ccccc1)C(=O)C[C@H](/C=C/c1ccccc1)C3. The van der Waals surface area contributed by atoms with Crippen molar-refractivity contribution in [3.8, 4) is 11.1 Å². The molecule has 0 fully saturated rings. The Hall–Kier alpha value is -3.64. The number of benzene rings is 2. The first-order valence-corrected chi connectivity index (χ1v) is 10.3. The Morgan fingerprint density at radius 2 is 1.77 bits per heavy atom. The lowest BCUT2D eigenvalue weighted by Crippen LogP contribution is -2.24. The topological polar surface area (TPSA) is 69.4 Å². The van der Waals surface area contributed by atoms with E-state index in [0.717, 1.165) is 28.1 Å². The molecule has 1 aliphatic carbocycles. The molecule has 2 heterocycles. The van der Waals surface area contributed by atoms with Crippen molar-refractivity contribution in [1.82, 2.24) is 19.8 Å². The second kappa shape index (κ2) is 8.24. The first-order valence-electron chi connectivity index (χ1n) is 10.3. The maximum Gasteiger partial charge on any atom is 0.185 e. The molecular formula is C25H22N4O2. The minimum atomic E-state index is 0.00316. The molecule has 0 radical (unpaired) electrons. The van der Waals surface area contributed by atoms with Crippen molar-refractivity contribution in [3.05, 3.63) is 89.4 Å². The summed E-state index contributed by atoms with van der Waals surface area (Å²) in [7, 11) is 1.65. The van der Waals surface area contributed by atoms with E-state index in [1.807, 2.05) is 48.5 Å². The smallest absolute Gasteiger partial charge is 0.185 e. The standard InChI is InChI=1S/C25H22N4O2/c1-31-16-20-23(19-10-6-3-7-11-19)25-27-26-24-21(29(25)28-20)14-18(15-22(24)30)13-12-17-8-4-2-5-9-17/h2-13,18H,14-16H2,1H3/b13-12+/t18-/m1/s1.